The summed E-state index contributed by atoms with van der Waals surface area (Å²) in [6, 6.07) is 0. The van der Waals surface area contributed by atoms with E-state index in [1.165, 1.54) is 0 Å². The second-order valence-corrected chi connectivity index (χ2v) is 3.91. The third-order valence-corrected chi connectivity index (χ3v) is 2.33. The van der Waals surface area contributed by atoms with Crippen LogP contribution < -0.4 is 5.73 Å². The number of methoxy groups -OCH3 is 1. The molecule has 0 fully saturated rings. The van der Waals surface area contributed by atoms with Crippen molar-refractivity contribution in [3.8, 4) is 0 Å². The van der Waals surface area contributed by atoms with E-state index >= 15 is 0 Å². The van der Waals surface area contributed by atoms with E-state index in [-0.39, 0.29) is 13.2 Å². The zero-order valence-corrected chi connectivity index (χ0v) is 11.8. The van der Waals surface area contributed by atoms with Crippen molar-refractivity contribution < 1.29 is 37.3 Å². The Morgan fingerprint density at radius 2 is 1.52 bits per heavy atom. The molecular weight excluding hydrogens is 297 g/mol. The van der Waals surface area contributed by atoms with Crippen molar-refractivity contribution in [2.45, 2.75) is 6.18 Å². The van der Waals surface area contributed by atoms with Crippen LogP contribution in [-0.4, -0.2) is 70.6 Å². The van der Waals surface area contributed by atoms with Crippen molar-refractivity contribution in [1.29, 1.82) is 0 Å². The number of halogens is 3. The number of alkyl halides is 3. The molecular formula is C11H21F3N2O5. The van der Waals surface area contributed by atoms with Crippen molar-refractivity contribution in [2.75, 3.05) is 53.4 Å². The molecule has 0 aromatic rings. The Labute approximate surface area is 120 Å². The van der Waals surface area contributed by atoms with Crippen LogP contribution in [0.2, 0.25) is 0 Å². The van der Waals surface area contributed by atoms with Crippen molar-refractivity contribution in [3.05, 3.63) is 0 Å². The van der Waals surface area contributed by atoms with E-state index in [1.54, 1.807) is 7.11 Å². The second kappa shape index (κ2) is 11.5. The van der Waals surface area contributed by atoms with Crippen LogP contribution in [0.15, 0.2) is 5.16 Å². The van der Waals surface area contributed by atoms with Gasteiger partial charge < -0.3 is 29.9 Å². The molecule has 0 spiro atoms. The van der Waals surface area contributed by atoms with E-state index < -0.39 is 24.5 Å². The summed E-state index contributed by atoms with van der Waals surface area (Å²) >= 11 is 0. The monoisotopic (exact) mass is 318 g/mol. The Bertz CT molecular complexity index is 290. The van der Waals surface area contributed by atoms with Crippen molar-refractivity contribution in [2.24, 2.45) is 16.8 Å². The maximum absolute atomic E-state index is 12.5. The molecule has 0 saturated carbocycles. The molecule has 0 heterocycles. The molecule has 3 N–H and O–H groups in total. The topological polar surface area (TPSA) is 95.5 Å². The first-order valence-electron chi connectivity index (χ1n) is 6.19. The molecule has 0 aromatic carbocycles. The molecule has 0 bridgehead atoms. The lowest BCUT2D eigenvalue weighted by Crippen LogP contribution is -2.39. The number of nitrogens with zero attached hydrogens (tertiary/aromatic N) is 1. The summed E-state index contributed by atoms with van der Waals surface area (Å²) in [6.45, 7) is 0.943. The van der Waals surface area contributed by atoms with E-state index in [0.717, 1.165) is 0 Å². The molecule has 10 heteroatoms. The van der Waals surface area contributed by atoms with Crippen LogP contribution in [0.5, 0.6) is 0 Å². The minimum Gasteiger partial charge on any atom is -0.409 e. The smallest absolute Gasteiger partial charge is 0.401 e. The number of hydrogen-bond donors (Lipinski definition) is 2. The zero-order valence-electron chi connectivity index (χ0n) is 11.8. The lowest BCUT2D eigenvalue weighted by atomic mass is 10.1. The van der Waals surface area contributed by atoms with Crippen LogP contribution in [0.25, 0.3) is 0 Å². The van der Waals surface area contributed by atoms with Crippen LogP contribution in [0, 0.1) is 5.92 Å². The largest absolute Gasteiger partial charge is 0.409 e. The van der Waals surface area contributed by atoms with Gasteiger partial charge in [-0.1, -0.05) is 5.16 Å². The number of amidine groups is 1. The van der Waals surface area contributed by atoms with Crippen molar-refractivity contribution in [1.82, 2.24) is 0 Å². The van der Waals surface area contributed by atoms with Gasteiger partial charge in [-0.25, -0.2) is 0 Å². The third kappa shape index (κ3) is 10.3. The van der Waals surface area contributed by atoms with Gasteiger partial charge in [0.15, 0.2) is 5.84 Å². The van der Waals surface area contributed by atoms with Gasteiger partial charge in [0.05, 0.1) is 46.2 Å². The molecule has 0 rings (SSSR count). The van der Waals surface area contributed by atoms with Gasteiger partial charge in [-0.3, -0.25) is 0 Å². The van der Waals surface area contributed by atoms with Gasteiger partial charge >= 0.3 is 6.18 Å². The minimum atomic E-state index is -4.63. The predicted octanol–water partition coefficient (Wildman–Crippen LogP) is 0.608. The molecule has 126 valence electrons. The van der Waals surface area contributed by atoms with E-state index in [4.69, 9.17) is 29.9 Å². The Hall–Kier alpha value is -1.10. The fourth-order valence-corrected chi connectivity index (χ4v) is 1.20. The highest BCUT2D eigenvalue weighted by Gasteiger charge is 2.43. The van der Waals surface area contributed by atoms with Crippen LogP contribution in [0.4, 0.5) is 13.2 Å². The summed E-state index contributed by atoms with van der Waals surface area (Å²) in [4.78, 5) is 0. The summed E-state index contributed by atoms with van der Waals surface area (Å²) in [5.41, 5.74) is 4.97. The summed E-state index contributed by atoms with van der Waals surface area (Å²) in [7, 11) is 1.56. The maximum Gasteiger partial charge on any atom is 0.401 e. The van der Waals surface area contributed by atoms with Gasteiger partial charge in [0.2, 0.25) is 0 Å². The molecule has 1 atom stereocenters. The summed E-state index contributed by atoms with van der Waals surface area (Å²) in [5, 5.41) is 10.6. The molecule has 0 aliphatic heterocycles. The fraction of sp³-hybridized carbons (Fsp3) is 0.909. The van der Waals surface area contributed by atoms with E-state index in [2.05, 4.69) is 5.16 Å². The van der Waals surface area contributed by atoms with Crippen molar-refractivity contribution >= 4 is 5.84 Å². The standard InChI is InChI=1S/C11H21F3N2O5/c1-18-2-3-19-4-5-20-6-7-21-8-9(10(15)16-17)11(12,13)14/h9,17H,2-8H2,1H3,(H2,15,16). The number of hydrogen-bond acceptors (Lipinski definition) is 6. The van der Waals surface area contributed by atoms with Gasteiger partial charge in [-0.2, -0.15) is 13.2 Å². The van der Waals surface area contributed by atoms with Gasteiger partial charge in [0.25, 0.3) is 0 Å². The quantitative estimate of drug-likeness (QED) is 0.180. The molecule has 0 amide bonds. The van der Waals surface area contributed by atoms with Crippen LogP contribution >= 0.6 is 0 Å². The van der Waals surface area contributed by atoms with Crippen LogP contribution in [0.1, 0.15) is 0 Å². The average molecular weight is 318 g/mol. The SMILES string of the molecule is COCCOCCOCCOCC(C(N)=NO)C(F)(F)F. The number of ether oxygens (including phenoxy) is 4. The Balaban J connectivity index is 3.64. The van der Waals surface area contributed by atoms with Gasteiger partial charge in [-0.15, -0.1) is 0 Å². The molecule has 1 unspecified atom stereocenters. The van der Waals surface area contributed by atoms with E-state index in [0.29, 0.717) is 26.4 Å². The summed E-state index contributed by atoms with van der Waals surface area (Å²) in [6.07, 6.45) is -4.63. The average Bonchev–Trinajstić information content (AvgIpc) is 2.42. The number of nitrogens with two attached hydrogens (primary N) is 1. The van der Waals surface area contributed by atoms with Crippen molar-refractivity contribution in [3.63, 3.8) is 0 Å². The second-order valence-electron chi connectivity index (χ2n) is 3.91. The highest BCUT2D eigenvalue weighted by Crippen LogP contribution is 2.26. The summed E-state index contributed by atoms with van der Waals surface area (Å²) in [5.74, 6) is -3.07. The molecule has 0 aliphatic carbocycles. The lowest BCUT2D eigenvalue weighted by molar-refractivity contribution is -0.169. The first-order chi connectivity index (χ1) is 9.93. The normalized spacial score (nSPS) is 14.4. The highest BCUT2D eigenvalue weighted by molar-refractivity contribution is 5.83. The first kappa shape index (κ1) is 19.9. The summed E-state index contributed by atoms with van der Waals surface area (Å²) < 4.78 is 57.3. The van der Waals surface area contributed by atoms with Gasteiger partial charge in [0, 0.05) is 7.11 Å². The predicted molar refractivity (Wildman–Crippen MR) is 67.3 cm³/mol. The molecule has 21 heavy (non-hydrogen) atoms. The van der Waals surface area contributed by atoms with Crippen LogP contribution in [0.3, 0.4) is 0 Å². The fourth-order valence-electron chi connectivity index (χ4n) is 1.20. The lowest BCUT2D eigenvalue weighted by Gasteiger charge is -2.18. The molecule has 0 aliphatic rings. The van der Waals surface area contributed by atoms with Gasteiger partial charge in [-0.05, 0) is 0 Å². The minimum absolute atomic E-state index is 0.0383. The molecule has 7 nitrogen and oxygen atoms in total. The van der Waals surface area contributed by atoms with E-state index in [9.17, 15) is 13.2 Å². The first-order valence-corrected chi connectivity index (χ1v) is 6.19. The molecule has 0 saturated heterocycles. The van der Waals surface area contributed by atoms with Gasteiger partial charge in [0.1, 0.15) is 5.92 Å². The maximum atomic E-state index is 12.5. The number of rotatable bonds is 12. The highest BCUT2D eigenvalue weighted by atomic mass is 19.4. The number of oxime groups is 1. The third-order valence-electron chi connectivity index (χ3n) is 2.33. The Morgan fingerprint density at radius 3 is 1.95 bits per heavy atom. The molecule has 0 aromatic heterocycles. The molecule has 0 radical (unpaired) electrons. The van der Waals surface area contributed by atoms with E-state index in [1.807, 2.05) is 0 Å². The Kier molecular flexibility index (Phi) is 10.9. The Morgan fingerprint density at radius 1 is 1.05 bits per heavy atom. The van der Waals surface area contributed by atoms with Crippen LogP contribution in [-0.2, 0) is 18.9 Å². The zero-order chi connectivity index (χ0) is 16.1.